The summed E-state index contributed by atoms with van der Waals surface area (Å²) in [6, 6.07) is 24.0. The van der Waals surface area contributed by atoms with E-state index in [-0.39, 0.29) is 10.7 Å². The molecule has 6 heteroatoms. The van der Waals surface area contributed by atoms with Gasteiger partial charge >= 0.3 is 0 Å². The van der Waals surface area contributed by atoms with E-state index in [1.54, 1.807) is 6.08 Å². The summed E-state index contributed by atoms with van der Waals surface area (Å²) >= 11 is 5.36. The lowest BCUT2D eigenvalue weighted by atomic mass is 10.1. The summed E-state index contributed by atoms with van der Waals surface area (Å²) in [5.74, 6) is -0.922. The summed E-state index contributed by atoms with van der Waals surface area (Å²) in [6.45, 7) is 4.61. The Labute approximate surface area is 203 Å². The van der Waals surface area contributed by atoms with Crippen molar-refractivity contribution in [2.24, 2.45) is 0 Å². The Kier molecular flexibility index (Phi) is 5.59. The number of amides is 2. The van der Waals surface area contributed by atoms with Crippen molar-refractivity contribution in [1.29, 1.82) is 0 Å². The van der Waals surface area contributed by atoms with E-state index in [1.165, 1.54) is 10.5 Å². The van der Waals surface area contributed by atoms with E-state index in [9.17, 15) is 9.59 Å². The maximum atomic E-state index is 13.5. The van der Waals surface area contributed by atoms with Gasteiger partial charge in [-0.25, -0.2) is 0 Å². The summed E-state index contributed by atoms with van der Waals surface area (Å²) in [5, 5.41) is 3.74. The van der Waals surface area contributed by atoms with Crippen LogP contribution in [0.25, 0.3) is 17.0 Å². The zero-order chi connectivity index (χ0) is 23.8. The van der Waals surface area contributed by atoms with Gasteiger partial charge in [-0.3, -0.25) is 19.8 Å². The number of fused-ring (bicyclic) bond motifs is 1. The van der Waals surface area contributed by atoms with Gasteiger partial charge in [-0.2, -0.15) is 0 Å². The summed E-state index contributed by atoms with van der Waals surface area (Å²) < 4.78 is 2.13. The molecule has 2 heterocycles. The number of aromatic nitrogens is 1. The van der Waals surface area contributed by atoms with Gasteiger partial charge in [0, 0.05) is 29.2 Å². The zero-order valence-corrected chi connectivity index (χ0v) is 19.7. The molecule has 2 amide bonds. The number of anilines is 1. The van der Waals surface area contributed by atoms with E-state index in [0.717, 1.165) is 27.6 Å². The molecule has 1 aliphatic heterocycles. The van der Waals surface area contributed by atoms with Crippen LogP contribution in [0.3, 0.4) is 0 Å². The highest BCUT2D eigenvalue weighted by Gasteiger charge is 2.34. The Morgan fingerprint density at radius 2 is 1.59 bits per heavy atom. The lowest BCUT2D eigenvalue weighted by Crippen LogP contribution is -2.54. The number of para-hydroxylation sites is 1. The molecule has 1 aliphatic rings. The predicted molar refractivity (Wildman–Crippen MR) is 140 cm³/mol. The summed E-state index contributed by atoms with van der Waals surface area (Å²) in [6.07, 6.45) is 3.65. The maximum absolute atomic E-state index is 13.5. The quantitative estimate of drug-likeness (QED) is 0.258. The number of nitrogens with zero attached hydrogens (tertiary/aromatic N) is 2. The molecule has 3 aromatic carbocycles. The normalized spacial score (nSPS) is 15.3. The van der Waals surface area contributed by atoms with Crippen molar-refractivity contribution in [1.82, 2.24) is 9.88 Å². The Balaban J connectivity index is 1.58. The highest BCUT2D eigenvalue weighted by Crippen LogP contribution is 2.28. The van der Waals surface area contributed by atoms with E-state index in [1.807, 2.05) is 80.7 Å². The predicted octanol–water partition coefficient (Wildman–Crippen LogP) is 5.14. The zero-order valence-electron chi connectivity index (χ0n) is 18.9. The van der Waals surface area contributed by atoms with Gasteiger partial charge in [-0.15, -0.1) is 0 Å². The maximum Gasteiger partial charge on any atom is 0.270 e. The molecule has 34 heavy (non-hydrogen) atoms. The molecule has 0 unspecified atom stereocenters. The molecule has 0 atom stereocenters. The summed E-state index contributed by atoms with van der Waals surface area (Å²) in [4.78, 5) is 27.7. The molecule has 0 bridgehead atoms. The van der Waals surface area contributed by atoms with Crippen LogP contribution < -0.4 is 10.2 Å². The Morgan fingerprint density at radius 1 is 0.912 bits per heavy atom. The van der Waals surface area contributed by atoms with E-state index in [2.05, 4.69) is 22.0 Å². The first-order valence-electron chi connectivity index (χ1n) is 11.0. The number of hydrogen-bond donors (Lipinski definition) is 1. The minimum absolute atomic E-state index is 0.0513. The average molecular weight is 466 g/mol. The molecule has 0 radical (unpaired) electrons. The first kappa shape index (κ1) is 21.8. The molecule has 1 N–H and O–H groups in total. The van der Waals surface area contributed by atoms with Gasteiger partial charge in [0.25, 0.3) is 11.8 Å². The van der Waals surface area contributed by atoms with Gasteiger partial charge in [-0.05, 0) is 67.0 Å². The largest absolute Gasteiger partial charge is 0.342 e. The monoisotopic (exact) mass is 465 g/mol. The standard InChI is InChI=1S/C28H23N3O2S/c1-18-12-19(2)14-22(13-18)31-27(33)24(26(32)29-28(31)34)15-21-17-30(16-20-8-4-3-5-9-20)25-11-7-6-10-23(21)25/h3-15,17H,16H2,1-2H3,(H,29,32,34)/b24-15+. The topological polar surface area (TPSA) is 54.3 Å². The third-order valence-corrected chi connectivity index (χ3v) is 6.17. The molecule has 0 spiro atoms. The fourth-order valence-corrected chi connectivity index (χ4v) is 4.71. The Bertz CT molecular complexity index is 1460. The first-order chi connectivity index (χ1) is 16.4. The van der Waals surface area contributed by atoms with E-state index in [4.69, 9.17) is 12.2 Å². The van der Waals surface area contributed by atoms with E-state index < -0.39 is 11.8 Å². The van der Waals surface area contributed by atoms with Crippen molar-refractivity contribution in [3.05, 3.63) is 107 Å². The van der Waals surface area contributed by atoms with Crippen LogP contribution in [0.4, 0.5) is 5.69 Å². The molecule has 5 rings (SSSR count). The van der Waals surface area contributed by atoms with Crippen molar-refractivity contribution < 1.29 is 9.59 Å². The van der Waals surface area contributed by atoms with Gasteiger partial charge in [0.1, 0.15) is 5.57 Å². The number of aryl methyl sites for hydroxylation is 2. The minimum atomic E-state index is -0.490. The highest BCUT2D eigenvalue weighted by atomic mass is 32.1. The minimum Gasteiger partial charge on any atom is -0.342 e. The molecular weight excluding hydrogens is 442 g/mol. The molecule has 168 valence electrons. The number of thiocarbonyl (C=S) groups is 1. The second-order valence-corrected chi connectivity index (χ2v) is 8.91. The molecular formula is C28H23N3O2S. The van der Waals surface area contributed by atoms with E-state index in [0.29, 0.717) is 12.2 Å². The number of rotatable bonds is 4. The van der Waals surface area contributed by atoms with Crippen LogP contribution in [0.15, 0.2) is 84.6 Å². The van der Waals surface area contributed by atoms with Crippen molar-refractivity contribution >= 4 is 51.8 Å². The van der Waals surface area contributed by atoms with Crippen molar-refractivity contribution in [3.8, 4) is 0 Å². The van der Waals surface area contributed by atoms with Crippen molar-refractivity contribution in [3.63, 3.8) is 0 Å². The van der Waals surface area contributed by atoms with Crippen LogP contribution in [-0.2, 0) is 16.1 Å². The average Bonchev–Trinajstić information content (AvgIpc) is 3.14. The number of nitrogens with one attached hydrogen (secondary N) is 1. The van der Waals surface area contributed by atoms with Crippen LogP contribution in [0.5, 0.6) is 0 Å². The molecule has 5 nitrogen and oxygen atoms in total. The van der Waals surface area contributed by atoms with Gasteiger partial charge in [0.05, 0.1) is 5.69 Å². The van der Waals surface area contributed by atoms with Gasteiger partial charge in [0.2, 0.25) is 0 Å². The lowest BCUT2D eigenvalue weighted by molar-refractivity contribution is -0.122. The first-order valence-corrected chi connectivity index (χ1v) is 11.4. The molecule has 4 aromatic rings. The molecule has 1 aromatic heterocycles. The van der Waals surface area contributed by atoms with Crippen LogP contribution in [0, 0.1) is 13.8 Å². The fourth-order valence-electron chi connectivity index (χ4n) is 4.43. The third kappa shape index (κ3) is 4.04. The van der Waals surface area contributed by atoms with Crippen LogP contribution in [0.2, 0.25) is 0 Å². The van der Waals surface area contributed by atoms with Crippen molar-refractivity contribution in [2.45, 2.75) is 20.4 Å². The van der Waals surface area contributed by atoms with Crippen LogP contribution in [-0.4, -0.2) is 21.5 Å². The summed E-state index contributed by atoms with van der Waals surface area (Å²) in [7, 11) is 0. The SMILES string of the molecule is Cc1cc(C)cc(N2C(=O)/C(=C/c3cn(Cc4ccccc4)c4ccccc34)C(=O)NC2=S)c1. The molecule has 1 saturated heterocycles. The smallest absolute Gasteiger partial charge is 0.270 e. The third-order valence-electron chi connectivity index (χ3n) is 5.88. The number of benzene rings is 3. The van der Waals surface area contributed by atoms with E-state index >= 15 is 0 Å². The second-order valence-electron chi connectivity index (χ2n) is 8.52. The van der Waals surface area contributed by atoms with Gasteiger partial charge in [-0.1, -0.05) is 54.6 Å². The van der Waals surface area contributed by atoms with Gasteiger partial charge in [0.15, 0.2) is 5.11 Å². The molecule has 1 fully saturated rings. The number of carbonyl (C=O) groups is 2. The molecule has 0 saturated carbocycles. The van der Waals surface area contributed by atoms with Gasteiger partial charge < -0.3 is 4.57 Å². The number of carbonyl (C=O) groups excluding carboxylic acids is 2. The number of hydrogen-bond acceptors (Lipinski definition) is 3. The van der Waals surface area contributed by atoms with Crippen LogP contribution >= 0.6 is 12.2 Å². The Morgan fingerprint density at radius 3 is 2.32 bits per heavy atom. The highest BCUT2D eigenvalue weighted by molar-refractivity contribution is 7.80. The fraction of sp³-hybridized carbons (Fsp3) is 0.107. The lowest BCUT2D eigenvalue weighted by Gasteiger charge is -2.29. The summed E-state index contributed by atoms with van der Waals surface area (Å²) in [5.41, 5.74) is 5.72. The van der Waals surface area contributed by atoms with Crippen molar-refractivity contribution in [2.75, 3.05) is 4.90 Å². The Hall–Kier alpha value is -4.03. The van der Waals surface area contributed by atoms with Crippen LogP contribution in [0.1, 0.15) is 22.3 Å². The molecule has 0 aliphatic carbocycles. The second kappa shape index (κ2) is 8.72.